The van der Waals surface area contributed by atoms with Gasteiger partial charge < -0.3 is 10.2 Å². The smallest absolute Gasteiger partial charge is 0.189 e. The van der Waals surface area contributed by atoms with E-state index in [0.717, 1.165) is 66.2 Å². The molecule has 1 aliphatic rings. The van der Waals surface area contributed by atoms with Crippen LogP contribution < -0.4 is 10.2 Å². The lowest BCUT2D eigenvalue weighted by atomic mass is 10.2. The van der Waals surface area contributed by atoms with Gasteiger partial charge in [0.1, 0.15) is 10.2 Å². The standard InChI is InChI=1S/C18H18ClN5OS2/c19-16-10-20-18(27-16)22-17-3-1-2-13(21-17)11-23-5-7-24(8-6-23)14-4-9-26-15(14)12-25/h1-4,9-10,12H,5-8,11H2,(H,20,21,22). The van der Waals surface area contributed by atoms with E-state index in [0.29, 0.717) is 4.34 Å². The third kappa shape index (κ3) is 4.47. The van der Waals surface area contributed by atoms with Crippen LogP contribution in [0.15, 0.2) is 35.8 Å². The number of carbonyl (C=O) groups is 1. The van der Waals surface area contributed by atoms with Gasteiger partial charge in [0.05, 0.1) is 22.5 Å². The summed E-state index contributed by atoms with van der Waals surface area (Å²) in [6, 6.07) is 7.99. The normalized spacial score (nSPS) is 15.1. The van der Waals surface area contributed by atoms with Gasteiger partial charge in [-0.25, -0.2) is 9.97 Å². The summed E-state index contributed by atoms with van der Waals surface area (Å²) in [6.45, 7) is 4.50. The van der Waals surface area contributed by atoms with Crippen LogP contribution in [0, 0.1) is 0 Å². The molecule has 27 heavy (non-hydrogen) atoms. The maximum atomic E-state index is 11.1. The molecular formula is C18H18ClN5OS2. The fourth-order valence-corrected chi connectivity index (χ4v) is 4.63. The highest BCUT2D eigenvalue weighted by atomic mass is 35.5. The van der Waals surface area contributed by atoms with E-state index in [2.05, 4.69) is 25.1 Å². The van der Waals surface area contributed by atoms with E-state index in [1.54, 1.807) is 6.20 Å². The Kier molecular flexibility index (Phi) is 5.68. The van der Waals surface area contributed by atoms with Gasteiger partial charge in [0.2, 0.25) is 0 Å². The number of halogens is 1. The number of thiazole rings is 1. The summed E-state index contributed by atoms with van der Waals surface area (Å²) in [7, 11) is 0. The minimum Gasteiger partial charge on any atom is -0.368 e. The molecule has 3 aromatic rings. The molecule has 9 heteroatoms. The molecule has 6 nitrogen and oxygen atoms in total. The zero-order valence-corrected chi connectivity index (χ0v) is 16.9. The van der Waals surface area contributed by atoms with Gasteiger partial charge in [0.25, 0.3) is 0 Å². The molecule has 0 radical (unpaired) electrons. The molecular weight excluding hydrogens is 402 g/mol. The molecule has 0 aromatic carbocycles. The van der Waals surface area contributed by atoms with E-state index in [1.165, 1.54) is 22.7 Å². The average Bonchev–Trinajstić information content (AvgIpc) is 3.31. The van der Waals surface area contributed by atoms with Gasteiger partial charge in [-0.2, -0.15) is 0 Å². The maximum absolute atomic E-state index is 11.1. The highest BCUT2D eigenvalue weighted by Crippen LogP contribution is 2.27. The van der Waals surface area contributed by atoms with Crippen LogP contribution in [0.3, 0.4) is 0 Å². The number of aromatic nitrogens is 2. The van der Waals surface area contributed by atoms with E-state index in [4.69, 9.17) is 11.6 Å². The van der Waals surface area contributed by atoms with Gasteiger partial charge in [-0.3, -0.25) is 9.69 Å². The highest BCUT2D eigenvalue weighted by molar-refractivity contribution is 7.19. The van der Waals surface area contributed by atoms with E-state index < -0.39 is 0 Å². The fourth-order valence-electron chi connectivity index (χ4n) is 3.10. The van der Waals surface area contributed by atoms with Crippen molar-refractivity contribution in [2.75, 3.05) is 36.4 Å². The average molecular weight is 420 g/mol. The molecule has 0 amide bonds. The van der Waals surface area contributed by atoms with Crippen molar-refractivity contribution >= 4 is 57.2 Å². The molecule has 0 atom stereocenters. The number of nitrogens with zero attached hydrogens (tertiary/aromatic N) is 4. The Morgan fingerprint density at radius 1 is 1.22 bits per heavy atom. The van der Waals surface area contributed by atoms with Crippen LogP contribution in [0.2, 0.25) is 4.34 Å². The molecule has 140 valence electrons. The second kappa shape index (κ2) is 8.35. The van der Waals surface area contributed by atoms with Crippen molar-refractivity contribution in [1.82, 2.24) is 14.9 Å². The van der Waals surface area contributed by atoms with Crippen LogP contribution in [0.4, 0.5) is 16.6 Å². The summed E-state index contributed by atoms with van der Waals surface area (Å²) >= 11 is 8.81. The minimum atomic E-state index is 0.648. The molecule has 0 aliphatic carbocycles. The number of thiophene rings is 1. The molecule has 0 bridgehead atoms. The van der Waals surface area contributed by atoms with Gasteiger partial charge >= 0.3 is 0 Å². The van der Waals surface area contributed by atoms with E-state index >= 15 is 0 Å². The number of piperazine rings is 1. The molecule has 3 aromatic heterocycles. The summed E-state index contributed by atoms with van der Waals surface area (Å²) in [4.78, 5) is 25.5. The number of anilines is 3. The monoisotopic (exact) mass is 419 g/mol. The van der Waals surface area contributed by atoms with Gasteiger partial charge in [0.15, 0.2) is 11.4 Å². The number of nitrogens with one attached hydrogen (secondary N) is 1. The van der Waals surface area contributed by atoms with Crippen LogP contribution in [-0.4, -0.2) is 47.3 Å². The van der Waals surface area contributed by atoms with Crippen molar-refractivity contribution in [2.45, 2.75) is 6.54 Å². The third-order valence-electron chi connectivity index (χ3n) is 4.40. The van der Waals surface area contributed by atoms with Crippen molar-refractivity contribution in [1.29, 1.82) is 0 Å². The van der Waals surface area contributed by atoms with Gasteiger partial charge in [-0.1, -0.05) is 29.0 Å². The number of carbonyl (C=O) groups excluding carboxylic acids is 1. The number of pyridine rings is 1. The molecule has 0 saturated carbocycles. The third-order valence-corrected chi connectivity index (χ3v) is 6.26. The van der Waals surface area contributed by atoms with Crippen molar-refractivity contribution in [3.63, 3.8) is 0 Å². The topological polar surface area (TPSA) is 61.4 Å². The zero-order chi connectivity index (χ0) is 18.6. The van der Waals surface area contributed by atoms with Crippen molar-refractivity contribution in [3.8, 4) is 0 Å². The summed E-state index contributed by atoms with van der Waals surface area (Å²) in [5, 5.41) is 5.91. The summed E-state index contributed by atoms with van der Waals surface area (Å²) in [5.41, 5.74) is 2.07. The number of aldehydes is 1. The van der Waals surface area contributed by atoms with Crippen LogP contribution in [0.5, 0.6) is 0 Å². The first kappa shape index (κ1) is 18.4. The molecule has 1 saturated heterocycles. The number of rotatable bonds is 6. The lowest BCUT2D eigenvalue weighted by molar-refractivity contribution is 0.112. The largest absolute Gasteiger partial charge is 0.368 e. The Bertz CT molecular complexity index is 920. The second-order valence-electron chi connectivity index (χ2n) is 6.16. The summed E-state index contributed by atoms with van der Waals surface area (Å²) in [5.74, 6) is 0.769. The quantitative estimate of drug-likeness (QED) is 0.606. The lowest BCUT2D eigenvalue weighted by Crippen LogP contribution is -2.46. The predicted octanol–water partition coefficient (Wildman–Crippen LogP) is 4.13. The van der Waals surface area contributed by atoms with E-state index in [-0.39, 0.29) is 0 Å². The highest BCUT2D eigenvalue weighted by Gasteiger charge is 2.20. The summed E-state index contributed by atoms with van der Waals surface area (Å²) < 4.78 is 0.648. The molecule has 4 heterocycles. The Labute approximate surface area is 170 Å². The van der Waals surface area contributed by atoms with E-state index in [1.807, 2.05) is 29.6 Å². The van der Waals surface area contributed by atoms with Crippen molar-refractivity contribution in [3.05, 3.63) is 50.7 Å². The number of hydrogen-bond acceptors (Lipinski definition) is 8. The van der Waals surface area contributed by atoms with Gasteiger partial charge in [0, 0.05) is 32.7 Å². The molecule has 0 spiro atoms. The molecule has 4 rings (SSSR count). The van der Waals surface area contributed by atoms with E-state index in [9.17, 15) is 4.79 Å². The molecule has 1 aliphatic heterocycles. The Morgan fingerprint density at radius 2 is 2.07 bits per heavy atom. The van der Waals surface area contributed by atoms with Crippen LogP contribution in [-0.2, 0) is 6.54 Å². The first-order valence-corrected chi connectivity index (χ1v) is 10.6. The van der Waals surface area contributed by atoms with Crippen LogP contribution in [0.25, 0.3) is 0 Å². The predicted molar refractivity (Wildman–Crippen MR) is 112 cm³/mol. The fraction of sp³-hybridized carbons (Fsp3) is 0.278. The lowest BCUT2D eigenvalue weighted by Gasteiger charge is -2.35. The van der Waals surface area contributed by atoms with Gasteiger partial charge in [-0.05, 0) is 23.6 Å². The molecule has 0 unspecified atom stereocenters. The second-order valence-corrected chi connectivity index (χ2v) is 8.77. The Morgan fingerprint density at radius 3 is 2.81 bits per heavy atom. The number of hydrogen-bond donors (Lipinski definition) is 1. The first-order chi connectivity index (χ1) is 13.2. The van der Waals surface area contributed by atoms with Crippen LogP contribution >= 0.6 is 34.3 Å². The van der Waals surface area contributed by atoms with Crippen molar-refractivity contribution < 1.29 is 4.79 Å². The molecule has 1 N–H and O–H groups in total. The Hall–Kier alpha value is -2.00. The van der Waals surface area contributed by atoms with Crippen LogP contribution in [0.1, 0.15) is 15.4 Å². The van der Waals surface area contributed by atoms with Gasteiger partial charge in [-0.15, -0.1) is 11.3 Å². The zero-order valence-electron chi connectivity index (χ0n) is 14.5. The summed E-state index contributed by atoms with van der Waals surface area (Å²) in [6.07, 6.45) is 2.58. The molecule has 1 fully saturated rings. The maximum Gasteiger partial charge on any atom is 0.189 e. The SMILES string of the molecule is O=Cc1sccc1N1CCN(Cc2cccc(Nc3ncc(Cl)s3)n2)CC1. The minimum absolute atomic E-state index is 0.648. The Balaban J connectivity index is 1.35. The van der Waals surface area contributed by atoms with Crippen molar-refractivity contribution in [2.24, 2.45) is 0 Å². The first-order valence-electron chi connectivity index (χ1n) is 8.55.